The molecule has 0 aliphatic carbocycles. The van der Waals surface area contributed by atoms with E-state index in [0.29, 0.717) is 16.5 Å². The Bertz CT molecular complexity index is 529. The molecule has 1 aromatic heterocycles. The van der Waals surface area contributed by atoms with E-state index >= 15 is 0 Å². The first-order chi connectivity index (χ1) is 8.08. The number of rotatable bonds is 2. The zero-order chi connectivity index (χ0) is 12.4. The van der Waals surface area contributed by atoms with Crippen LogP contribution < -0.4 is 0 Å². The standard InChI is InChI=1S/C13H13ClN2O/c1-9(2)12-7-16(8-15-12)13(17)10-3-5-11(14)6-4-10/h3-9H,1-2H3. The molecule has 1 aromatic carbocycles. The minimum absolute atomic E-state index is 0.0962. The van der Waals surface area contributed by atoms with Gasteiger partial charge < -0.3 is 0 Å². The number of halogens is 1. The second kappa shape index (κ2) is 4.72. The Morgan fingerprint density at radius 3 is 2.47 bits per heavy atom. The van der Waals surface area contributed by atoms with Crippen molar-refractivity contribution in [1.29, 1.82) is 0 Å². The SMILES string of the molecule is CC(C)c1cn(C(=O)c2ccc(Cl)cc2)cn1. The molecule has 4 heteroatoms. The average Bonchev–Trinajstić information content (AvgIpc) is 2.78. The van der Waals surface area contributed by atoms with Gasteiger partial charge in [-0.1, -0.05) is 25.4 Å². The van der Waals surface area contributed by atoms with Crippen LogP contribution >= 0.6 is 11.6 Å². The zero-order valence-corrected chi connectivity index (χ0v) is 10.5. The lowest BCUT2D eigenvalue weighted by Gasteiger charge is -2.01. The maximum atomic E-state index is 12.1. The highest BCUT2D eigenvalue weighted by molar-refractivity contribution is 6.30. The fourth-order valence-corrected chi connectivity index (χ4v) is 1.61. The van der Waals surface area contributed by atoms with Gasteiger partial charge in [0.25, 0.3) is 5.91 Å². The molecule has 0 aliphatic rings. The number of imidazole rings is 1. The van der Waals surface area contributed by atoms with E-state index in [-0.39, 0.29) is 5.91 Å². The molecule has 88 valence electrons. The van der Waals surface area contributed by atoms with Crippen LogP contribution in [0.4, 0.5) is 0 Å². The van der Waals surface area contributed by atoms with Crippen LogP contribution in [-0.2, 0) is 0 Å². The first-order valence-electron chi connectivity index (χ1n) is 5.42. The lowest BCUT2D eigenvalue weighted by atomic mass is 10.1. The van der Waals surface area contributed by atoms with Crippen molar-refractivity contribution in [1.82, 2.24) is 9.55 Å². The molecule has 0 saturated carbocycles. The molecule has 17 heavy (non-hydrogen) atoms. The quantitative estimate of drug-likeness (QED) is 0.817. The third-order valence-electron chi connectivity index (χ3n) is 2.52. The number of nitrogens with zero attached hydrogens (tertiary/aromatic N) is 2. The van der Waals surface area contributed by atoms with Crippen LogP contribution in [0.25, 0.3) is 0 Å². The molecule has 0 atom stereocenters. The second-order valence-electron chi connectivity index (χ2n) is 4.17. The highest BCUT2D eigenvalue weighted by Gasteiger charge is 2.10. The summed E-state index contributed by atoms with van der Waals surface area (Å²) in [5.74, 6) is 0.218. The van der Waals surface area contributed by atoms with Crippen molar-refractivity contribution in [3.05, 3.63) is 53.1 Å². The molecule has 2 aromatic rings. The summed E-state index contributed by atoms with van der Waals surface area (Å²) in [6.07, 6.45) is 3.31. The molecule has 0 bridgehead atoms. The van der Waals surface area contributed by atoms with Gasteiger partial charge in [-0.2, -0.15) is 0 Å². The van der Waals surface area contributed by atoms with Gasteiger partial charge in [0.15, 0.2) is 0 Å². The number of aromatic nitrogens is 2. The second-order valence-corrected chi connectivity index (χ2v) is 4.61. The molecule has 0 aliphatic heterocycles. The third-order valence-corrected chi connectivity index (χ3v) is 2.77. The minimum Gasteiger partial charge on any atom is -0.272 e. The summed E-state index contributed by atoms with van der Waals surface area (Å²) in [5.41, 5.74) is 1.51. The lowest BCUT2D eigenvalue weighted by molar-refractivity contribution is 0.0959. The van der Waals surface area contributed by atoms with E-state index in [1.807, 2.05) is 13.8 Å². The van der Waals surface area contributed by atoms with Crippen LogP contribution in [0.2, 0.25) is 5.02 Å². The van der Waals surface area contributed by atoms with E-state index < -0.39 is 0 Å². The molecule has 0 fully saturated rings. The van der Waals surface area contributed by atoms with Gasteiger partial charge >= 0.3 is 0 Å². The van der Waals surface area contributed by atoms with E-state index in [9.17, 15) is 4.79 Å². The largest absolute Gasteiger partial charge is 0.272 e. The molecule has 0 N–H and O–H groups in total. The van der Waals surface area contributed by atoms with Gasteiger partial charge in [0.05, 0.1) is 5.69 Å². The zero-order valence-electron chi connectivity index (χ0n) is 9.72. The Kier molecular flexibility index (Phi) is 3.29. The Morgan fingerprint density at radius 2 is 1.94 bits per heavy atom. The van der Waals surface area contributed by atoms with Crippen molar-refractivity contribution in [3.63, 3.8) is 0 Å². The maximum absolute atomic E-state index is 12.1. The number of carbonyl (C=O) groups is 1. The number of hydrogen-bond acceptors (Lipinski definition) is 2. The van der Waals surface area contributed by atoms with Gasteiger partial charge in [-0.3, -0.25) is 9.36 Å². The molecule has 0 spiro atoms. The molecule has 0 amide bonds. The highest BCUT2D eigenvalue weighted by atomic mass is 35.5. The van der Waals surface area contributed by atoms with E-state index in [2.05, 4.69) is 4.98 Å². The van der Waals surface area contributed by atoms with Crippen molar-refractivity contribution in [2.24, 2.45) is 0 Å². The van der Waals surface area contributed by atoms with Gasteiger partial charge in [-0.25, -0.2) is 4.98 Å². The first kappa shape index (κ1) is 11.9. The van der Waals surface area contributed by atoms with Gasteiger partial charge in [-0.15, -0.1) is 0 Å². The van der Waals surface area contributed by atoms with Crippen molar-refractivity contribution >= 4 is 17.5 Å². The van der Waals surface area contributed by atoms with Crippen molar-refractivity contribution in [2.45, 2.75) is 19.8 Å². The fourth-order valence-electron chi connectivity index (χ4n) is 1.49. The van der Waals surface area contributed by atoms with Crippen LogP contribution in [0.1, 0.15) is 35.8 Å². The van der Waals surface area contributed by atoms with E-state index in [0.717, 1.165) is 5.69 Å². The summed E-state index contributed by atoms with van der Waals surface area (Å²) in [6.45, 7) is 4.08. The molecular weight excluding hydrogens is 236 g/mol. The van der Waals surface area contributed by atoms with Gasteiger partial charge in [0.2, 0.25) is 0 Å². The van der Waals surface area contributed by atoms with E-state index in [1.54, 1.807) is 36.8 Å². The molecule has 2 rings (SSSR count). The summed E-state index contributed by atoms with van der Waals surface area (Å²) in [6, 6.07) is 6.82. The molecule has 3 nitrogen and oxygen atoms in total. The molecule has 0 saturated heterocycles. The monoisotopic (exact) mass is 248 g/mol. The van der Waals surface area contributed by atoms with Crippen molar-refractivity contribution in [2.75, 3.05) is 0 Å². The summed E-state index contributed by atoms with van der Waals surface area (Å²) in [7, 11) is 0. The summed E-state index contributed by atoms with van der Waals surface area (Å²) in [4.78, 5) is 16.3. The third kappa shape index (κ3) is 2.56. The first-order valence-corrected chi connectivity index (χ1v) is 5.80. The van der Waals surface area contributed by atoms with E-state index in [4.69, 9.17) is 11.6 Å². The van der Waals surface area contributed by atoms with Crippen LogP contribution in [0, 0.1) is 0 Å². The van der Waals surface area contributed by atoms with E-state index in [1.165, 1.54) is 4.57 Å². The molecular formula is C13H13ClN2O. The summed E-state index contributed by atoms with van der Waals surface area (Å²) in [5, 5.41) is 0.620. The number of benzene rings is 1. The van der Waals surface area contributed by atoms with Crippen molar-refractivity contribution in [3.8, 4) is 0 Å². The van der Waals surface area contributed by atoms with Crippen LogP contribution in [0.3, 0.4) is 0 Å². The summed E-state index contributed by atoms with van der Waals surface area (Å²) < 4.78 is 1.50. The topological polar surface area (TPSA) is 34.9 Å². The fraction of sp³-hybridized carbons (Fsp3) is 0.231. The van der Waals surface area contributed by atoms with Crippen LogP contribution in [0.15, 0.2) is 36.8 Å². The Hall–Kier alpha value is -1.61. The van der Waals surface area contributed by atoms with Gasteiger partial charge in [-0.05, 0) is 30.2 Å². The van der Waals surface area contributed by atoms with Crippen LogP contribution in [-0.4, -0.2) is 15.5 Å². The maximum Gasteiger partial charge on any atom is 0.263 e. The van der Waals surface area contributed by atoms with Crippen molar-refractivity contribution < 1.29 is 4.79 Å². The van der Waals surface area contributed by atoms with Gasteiger partial charge in [0, 0.05) is 16.8 Å². The van der Waals surface area contributed by atoms with Crippen LogP contribution in [0.5, 0.6) is 0 Å². The van der Waals surface area contributed by atoms with Gasteiger partial charge in [0.1, 0.15) is 6.33 Å². The number of carbonyl (C=O) groups excluding carboxylic acids is 1. The summed E-state index contributed by atoms with van der Waals surface area (Å²) >= 11 is 5.78. The highest BCUT2D eigenvalue weighted by Crippen LogP contribution is 2.14. The Labute approximate surface area is 105 Å². The average molecular weight is 249 g/mol. The Balaban J connectivity index is 2.27. The Morgan fingerprint density at radius 1 is 1.29 bits per heavy atom. The predicted octanol–water partition coefficient (Wildman–Crippen LogP) is 3.35. The molecule has 1 heterocycles. The molecule has 0 radical (unpaired) electrons. The predicted molar refractivity (Wildman–Crippen MR) is 67.5 cm³/mol. The smallest absolute Gasteiger partial charge is 0.263 e. The normalized spacial score (nSPS) is 10.8. The lowest BCUT2D eigenvalue weighted by Crippen LogP contribution is -2.09. The minimum atomic E-state index is -0.0962. The molecule has 0 unspecified atom stereocenters. The number of hydrogen-bond donors (Lipinski definition) is 0.